The Morgan fingerprint density at radius 1 is 1.13 bits per heavy atom. The van der Waals surface area contributed by atoms with Crippen molar-refractivity contribution in [1.82, 2.24) is 9.97 Å². The highest BCUT2D eigenvalue weighted by molar-refractivity contribution is 7.99. The summed E-state index contributed by atoms with van der Waals surface area (Å²) in [6.45, 7) is 1.92. The number of nitrogens with two attached hydrogens (primary N) is 1. The molecule has 1 aliphatic rings. The smallest absolute Gasteiger partial charge is 0.227 e. The molecule has 1 saturated heterocycles. The topological polar surface area (TPSA) is 73.5 Å². The lowest BCUT2D eigenvalue weighted by Gasteiger charge is -2.31. The molecule has 0 bridgehead atoms. The van der Waals surface area contributed by atoms with E-state index in [-0.39, 0.29) is 0 Å². The summed E-state index contributed by atoms with van der Waals surface area (Å²) in [4.78, 5) is 11.4. The summed E-state index contributed by atoms with van der Waals surface area (Å²) in [5, 5.41) is 1.51. The molecule has 2 aromatic rings. The number of fused-ring (bicyclic) bond motifs is 1. The molecule has 1 fully saturated rings. The molecule has 3 rings (SSSR count). The average molecular weight is 334 g/mol. The lowest BCUT2D eigenvalue weighted by atomic mass is 10.1. The molecule has 0 amide bonds. The predicted octanol–water partition coefficient (Wildman–Crippen LogP) is 2.56. The fourth-order valence-electron chi connectivity index (χ4n) is 2.90. The van der Waals surface area contributed by atoms with Crippen LogP contribution in [0.15, 0.2) is 12.1 Å². The normalized spacial score (nSPS) is 15.9. The Balaban J connectivity index is 1.97. The molecule has 0 aliphatic carbocycles. The van der Waals surface area contributed by atoms with Gasteiger partial charge in [-0.05, 0) is 25.2 Å². The Hall–Kier alpha value is -1.89. The third-order valence-corrected chi connectivity index (χ3v) is 5.41. The number of aromatic nitrogens is 2. The van der Waals surface area contributed by atoms with Crippen LogP contribution in [0, 0.1) is 0 Å². The van der Waals surface area contributed by atoms with E-state index in [0.717, 1.165) is 42.1 Å². The summed E-state index contributed by atoms with van der Waals surface area (Å²) in [5.74, 6) is 2.44. The number of nitrogens with zero attached hydrogens (tertiary/aromatic N) is 3. The minimum atomic E-state index is 0.470. The lowest BCUT2D eigenvalue weighted by molar-refractivity contribution is 0.356. The third kappa shape index (κ3) is 3.10. The van der Waals surface area contributed by atoms with Crippen LogP contribution in [-0.4, -0.2) is 48.8 Å². The van der Waals surface area contributed by atoms with Crippen LogP contribution in [0.5, 0.6) is 11.5 Å². The highest BCUT2D eigenvalue weighted by atomic mass is 32.2. The van der Waals surface area contributed by atoms with Crippen molar-refractivity contribution in [2.24, 2.45) is 0 Å². The minimum Gasteiger partial charge on any atom is -0.493 e. The van der Waals surface area contributed by atoms with Crippen LogP contribution in [0.3, 0.4) is 0 Å². The van der Waals surface area contributed by atoms with Crippen LogP contribution < -0.4 is 20.1 Å². The van der Waals surface area contributed by atoms with Gasteiger partial charge in [-0.1, -0.05) is 0 Å². The van der Waals surface area contributed by atoms with E-state index in [1.54, 1.807) is 14.2 Å². The SMILES string of the molecule is COc1cc2nc(N3CCC(SC)CC3)nc(N)c2cc1OC. The zero-order chi connectivity index (χ0) is 16.4. The molecule has 6 nitrogen and oxygen atoms in total. The second-order valence-electron chi connectivity index (χ2n) is 5.56. The maximum atomic E-state index is 6.15. The van der Waals surface area contributed by atoms with E-state index in [0.29, 0.717) is 23.3 Å². The van der Waals surface area contributed by atoms with Gasteiger partial charge in [0.15, 0.2) is 11.5 Å². The third-order valence-electron chi connectivity index (χ3n) is 4.28. The van der Waals surface area contributed by atoms with E-state index >= 15 is 0 Å². The molecule has 2 N–H and O–H groups in total. The van der Waals surface area contributed by atoms with Gasteiger partial charge in [0.25, 0.3) is 0 Å². The number of anilines is 2. The molecule has 2 heterocycles. The molecule has 0 spiro atoms. The second kappa shape index (κ2) is 6.70. The van der Waals surface area contributed by atoms with E-state index in [1.165, 1.54) is 0 Å². The molecule has 0 atom stereocenters. The molecular weight excluding hydrogens is 312 g/mol. The molecule has 1 aromatic heterocycles. The van der Waals surface area contributed by atoms with Gasteiger partial charge in [0.1, 0.15) is 5.82 Å². The molecular formula is C16H22N4O2S. The number of ether oxygens (including phenoxy) is 2. The maximum absolute atomic E-state index is 6.15. The fraction of sp³-hybridized carbons (Fsp3) is 0.500. The number of hydrogen-bond donors (Lipinski definition) is 1. The van der Waals surface area contributed by atoms with E-state index in [2.05, 4.69) is 21.1 Å². The van der Waals surface area contributed by atoms with E-state index in [9.17, 15) is 0 Å². The van der Waals surface area contributed by atoms with Crippen molar-refractivity contribution < 1.29 is 9.47 Å². The number of rotatable bonds is 4. The van der Waals surface area contributed by atoms with E-state index in [4.69, 9.17) is 15.2 Å². The van der Waals surface area contributed by atoms with E-state index < -0.39 is 0 Å². The van der Waals surface area contributed by atoms with Crippen molar-refractivity contribution in [3.63, 3.8) is 0 Å². The number of hydrogen-bond acceptors (Lipinski definition) is 7. The first kappa shape index (κ1) is 16.0. The molecule has 124 valence electrons. The highest BCUT2D eigenvalue weighted by Gasteiger charge is 2.21. The number of piperidine rings is 1. The summed E-state index contributed by atoms with van der Waals surface area (Å²) in [6, 6.07) is 3.68. The Morgan fingerprint density at radius 2 is 1.78 bits per heavy atom. The van der Waals surface area contributed by atoms with Gasteiger partial charge in [-0.15, -0.1) is 0 Å². The van der Waals surface area contributed by atoms with Crippen LogP contribution in [0.1, 0.15) is 12.8 Å². The van der Waals surface area contributed by atoms with Gasteiger partial charge >= 0.3 is 0 Å². The quantitative estimate of drug-likeness (QED) is 0.921. The molecule has 1 aliphatic heterocycles. The van der Waals surface area contributed by atoms with Crippen molar-refractivity contribution in [2.75, 3.05) is 44.2 Å². The van der Waals surface area contributed by atoms with Gasteiger partial charge < -0.3 is 20.1 Å². The Bertz CT molecular complexity index is 702. The summed E-state index contributed by atoms with van der Waals surface area (Å²) < 4.78 is 10.7. The lowest BCUT2D eigenvalue weighted by Crippen LogP contribution is -2.36. The van der Waals surface area contributed by atoms with Gasteiger partial charge in [0.2, 0.25) is 5.95 Å². The van der Waals surface area contributed by atoms with Crippen LogP contribution >= 0.6 is 11.8 Å². The predicted molar refractivity (Wildman–Crippen MR) is 95.8 cm³/mol. The first-order chi connectivity index (χ1) is 11.2. The van der Waals surface area contributed by atoms with Crippen molar-refractivity contribution in [2.45, 2.75) is 18.1 Å². The van der Waals surface area contributed by atoms with Gasteiger partial charge in [0.05, 0.1) is 19.7 Å². The van der Waals surface area contributed by atoms with Gasteiger partial charge in [0, 0.05) is 29.8 Å². The maximum Gasteiger partial charge on any atom is 0.227 e. The Labute approximate surface area is 140 Å². The van der Waals surface area contributed by atoms with Gasteiger partial charge in [-0.2, -0.15) is 16.7 Å². The zero-order valence-corrected chi connectivity index (χ0v) is 14.5. The minimum absolute atomic E-state index is 0.470. The number of methoxy groups -OCH3 is 2. The van der Waals surface area contributed by atoms with Crippen LogP contribution in [-0.2, 0) is 0 Å². The van der Waals surface area contributed by atoms with Crippen molar-refractivity contribution in [1.29, 1.82) is 0 Å². The summed E-state index contributed by atoms with van der Waals surface area (Å²) in [6.07, 6.45) is 4.47. The summed E-state index contributed by atoms with van der Waals surface area (Å²) in [7, 11) is 3.22. The molecule has 1 aromatic carbocycles. The number of nitrogen functional groups attached to an aromatic ring is 1. The number of thioether (sulfide) groups is 1. The molecule has 23 heavy (non-hydrogen) atoms. The van der Waals surface area contributed by atoms with Crippen molar-refractivity contribution in [3.8, 4) is 11.5 Å². The Morgan fingerprint density at radius 3 is 2.39 bits per heavy atom. The molecule has 7 heteroatoms. The van der Waals surface area contributed by atoms with Crippen LogP contribution in [0.25, 0.3) is 10.9 Å². The van der Waals surface area contributed by atoms with Gasteiger partial charge in [-0.25, -0.2) is 4.98 Å². The first-order valence-corrected chi connectivity index (χ1v) is 8.92. The second-order valence-corrected chi connectivity index (χ2v) is 6.69. The fourth-order valence-corrected chi connectivity index (χ4v) is 3.58. The average Bonchev–Trinajstić information content (AvgIpc) is 2.60. The Kier molecular flexibility index (Phi) is 4.66. The molecule has 0 saturated carbocycles. The van der Waals surface area contributed by atoms with Gasteiger partial charge in [-0.3, -0.25) is 0 Å². The zero-order valence-electron chi connectivity index (χ0n) is 13.7. The van der Waals surface area contributed by atoms with Crippen LogP contribution in [0.4, 0.5) is 11.8 Å². The summed E-state index contributed by atoms with van der Waals surface area (Å²) >= 11 is 1.94. The van der Waals surface area contributed by atoms with Crippen molar-refractivity contribution >= 4 is 34.4 Å². The molecule has 0 radical (unpaired) electrons. The standard InChI is InChI=1S/C16H22N4O2S/c1-21-13-8-11-12(9-14(13)22-2)18-16(19-15(11)17)20-6-4-10(23-3)5-7-20/h8-10H,4-7H2,1-3H3,(H2,17,18,19). The van der Waals surface area contributed by atoms with Crippen molar-refractivity contribution in [3.05, 3.63) is 12.1 Å². The largest absolute Gasteiger partial charge is 0.493 e. The highest BCUT2D eigenvalue weighted by Crippen LogP contribution is 2.34. The molecule has 0 unspecified atom stereocenters. The first-order valence-electron chi connectivity index (χ1n) is 7.63. The van der Waals surface area contributed by atoms with Crippen LogP contribution in [0.2, 0.25) is 0 Å². The number of benzene rings is 1. The summed E-state index contributed by atoms with van der Waals surface area (Å²) in [5.41, 5.74) is 6.93. The van der Waals surface area contributed by atoms with E-state index in [1.807, 2.05) is 23.9 Å². The monoisotopic (exact) mass is 334 g/mol.